The van der Waals surface area contributed by atoms with Gasteiger partial charge in [-0.2, -0.15) is 0 Å². The number of rotatable bonds is 8. The molecule has 0 aromatic rings. The van der Waals surface area contributed by atoms with Crippen LogP contribution in [0.4, 0.5) is 0 Å². The molecule has 0 aromatic heterocycles. The molecule has 0 fully saturated rings. The smallest absolute Gasteiger partial charge is 0.184 e. The third-order valence-corrected chi connectivity index (χ3v) is 5.89. The van der Waals surface area contributed by atoms with E-state index in [0.29, 0.717) is 0 Å². The highest BCUT2D eigenvalue weighted by Gasteiger charge is 2.26. The van der Waals surface area contributed by atoms with Gasteiger partial charge in [0.2, 0.25) is 0 Å². The van der Waals surface area contributed by atoms with Crippen LogP contribution >= 0.6 is 0 Å². The fourth-order valence-electron chi connectivity index (χ4n) is 3.66. The molecular weight excluding hydrogens is 336 g/mol. The second-order valence-corrected chi connectivity index (χ2v) is 13.8. The summed E-state index contributed by atoms with van der Waals surface area (Å²) in [6.45, 7) is 17.7. The van der Waals surface area contributed by atoms with E-state index in [1.54, 1.807) is 6.08 Å². The van der Waals surface area contributed by atoms with Crippen LogP contribution < -0.4 is 0 Å². The van der Waals surface area contributed by atoms with E-state index in [0.717, 1.165) is 18.3 Å². The predicted molar refractivity (Wildman–Crippen MR) is 116 cm³/mol. The molecule has 1 atom stereocenters. The van der Waals surface area contributed by atoms with Gasteiger partial charge in [-0.1, -0.05) is 48.8 Å². The molecule has 0 saturated carbocycles. The molecule has 0 N–H and O–H groups in total. The number of hydrogen-bond donors (Lipinski definition) is 0. The summed E-state index contributed by atoms with van der Waals surface area (Å²) in [6, 6.07) is 0. The number of carbonyl (C=O) groups excluding carboxylic acids is 1. The predicted octanol–water partition coefficient (Wildman–Crippen LogP) is 6.77. The van der Waals surface area contributed by atoms with Crippen molar-refractivity contribution in [2.75, 3.05) is 0 Å². The van der Waals surface area contributed by atoms with Crippen LogP contribution in [0.15, 0.2) is 46.6 Å². The van der Waals surface area contributed by atoms with Gasteiger partial charge in [0.25, 0.3) is 0 Å². The molecule has 1 unspecified atom stereocenters. The first-order valence-corrected chi connectivity index (χ1v) is 13.2. The molecule has 2 nitrogen and oxygen atoms in total. The Morgan fingerprint density at radius 3 is 2.46 bits per heavy atom. The van der Waals surface area contributed by atoms with Crippen molar-refractivity contribution < 1.29 is 9.22 Å². The van der Waals surface area contributed by atoms with Crippen molar-refractivity contribution in [3.8, 4) is 0 Å². The normalized spacial score (nSPS) is 20.6. The Balaban J connectivity index is 3.00. The fourth-order valence-corrected chi connectivity index (χ4v) is 4.72. The van der Waals surface area contributed by atoms with E-state index in [-0.39, 0.29) is 11.5 Å². The SMILES string of the molecule is CC1=C(/C=C/C(C)=C/C(C/C(C)=C/C=O)O[Si](C)(C)C)C(C)(C)CCC1. The standard InChI is InChI=1S/C23H38O2Si/c1-18(11-12-22-20(3)10-9-14-23(22,4)5)16-21(25-26(6,7)8)17-19(2)13-15-24/h11-13,15-16,21H,9-10,14,17H2,1-8H3/b12-11+,18-16+,19-13+. The lowest BCUT2D eigenvalue weighted by atomic mass is 9.72. The average Bonchev–Trinajstić information content (AvgIpc) is 2.44. The lowest BCUT2D eigenvalue weighted by Gasteiger charge is -2.33. The third-order valence-electron chi connectivity index (χ3n) is 4.88. The molecule has 0 radical (unpaired) electrons. The number of aldehydes is 1. The van der Waals surface area contributed by atoms with Gasteiger partial charge in [0.15, 0.2) is 8.32 Å². The molecule has 0 spiro atoms. The van der Waals surface area contributed by atoms with E-state index >= 15 is 0 Å². The minimum atomic E-state index is -1.66. The van der Waals surface area contributed by atoms with Crippen LogP contribution in [-0.2, 0) is 9.22 Å². The van der Waals surface area contributed by atoms with E-state index in [4.69, 9.17) is 4.43 Å². The maximum atomic E-state index is 10.7. The first kappa shape index (κ1) is 22.8. The van der Waals surface area contributed by atoms with E-state index in [1.165, 1.54) is 36.0 Å². The number of carbonyl (C=O) groups is 1. The second kappa shape index (κ2) is 9.66. The summed E-state index contributed by atoms with van der Waals surface area (Å²) in [5, 5.41) is 0. The Bertz CT molecular complexity index is 613. The summed E-state index contributed by atoms with van der Waals surface area (Å²) in [5.74, 6) is 0. The molecule has 26 heavy (non-hydrogen) atoms. The van der Waals surface area contributed by atoms with Crippen LogP contribution in [-0.4, -0.2) is 20.7 Å². The first-order valence-electron chi connectivity index (χ1n) is 9.80. The van der Waals surface area contributed by atoms with Gasteiger partial charge < -0.3 is 4.43 Å². The summed E-state index contributed by atoms with van der Waals surface area (Å²) in [6.07, 6.45) is 13.8. The minimum Gasteiger partial charge on any atom is -0.411 e. The van der Waals surface area contributed by atoms with Crippen LogP contribution in [0.2, 0.25) is 19.6 Å². The van der Waals surface area contributed by atoms with Crippen molar-refractivity contribution in [3.05, 3.63) is 46.6 Å². The number of allylic oxidation sites excluding steroid dienone is 6. The molecule has 0 amide bonds. The molecule has 0 aliphatic heterocycles. The Kier molecular flexibility index (Phi) is 8.49. The van der Waals surface area contributed by atoms with Gasteiger partial charge in [0, 0.05) is 0 Å². The third kappa shape index (κ3) is 8.01. The lowest BCUT2D eigenvalue weighted by molar-refractivity contribution is -0.104. The highest BCUT2D eigenvalue weighted by Crippen LogP contribution is 2.40. The molecule has 1 aliphatic carbocycles. The minimum absolute atomic E-state index is 0.0250. The molecule has 0 aromatic carbocycles. The van der Waals surface area contributed by atoms with Crippen molar-refractivity contribution in [1.29, 1.82) is 0 Å². The van der Waals surface area contributed by atoms with Gasteiger partial charge in [-0.05, 0) is 83.2 Å². The van der Waals surface area contributed by atoms with Gasteiger partial charge >= 0.3 is 0 Å². The highest BCUT2D eigenvalue weighted by atomic mass is 28.4. The fraction of sp³-hybridized carbons (Fsp3) is 0.609. The van der Waals surface area contributed by atoms with Crippen molar-refractivity contribution in [2.45, 2.75) is 86.0 Å². The topological polar surface area (TPSA) is 26.3 Å². The van der Waals surface area contributed by atoms with Crippen molar-refractivity contribution >= 4 is 14.6 Å². The van der Waals surface area contributed by atoms with Gasteiger partial charge in [-0.15, -0.1) is 0 Å². The zero-order valence-electron chi connectivity index (χ0n) is 18.1. The lowest BCUT2D eigenvalue weighted by Crippen LogP contribution is -2.31. The van der Waals surface area contributed by atoms with Crippen LogP contribution in [0.1, 0.15) is 60.3 Å². The molecular formula is C23H38O2Si. The van der Waals surface area contributed by atoms with Gasteiger partial charge in [-0.3, -0.25) is 4.79 Å². The first-order chi connectivity index (χ1) is 11.9. The maximum Gasteiger partial charge on any atom is 0.184 e. The molecule has 1 rings (SSSR count). The van der Waals surface area contributed by atoms with Crippen molar-refractivity contribution in [1.82, 2.24) is 0 Å². The number of hydrogen-bond acceptors (Lipinski definition) is 2. The van der Waals surface area contributed by atoms with Crippen LogP contribution in [0.3, 0.4) is 0 Å². The molecule has 0 heterocycles. The largest absolute Gasteiger partial charge is 0.411 e. The Labute approximate surface area is 162 Å². The van der Waals surface area contributed by atoms with Crippen molar-refractivity contribution in [3.63, 3.8) is 0 Å². The highest BCUT2D eigenvalue weighted by molar-refractivity contribution is 6.69. The molecule has 3 heteroatoms. The van der Waals surface area contributed by atoms with Gasteiger partial charge in [0.1, 0.15) is 6.29 Å². The Morgan fingerprint density at radius 2 is 1.92 bits per heavy atom. The molecule has 0 bridgehead atoms. The van der Waals surface area contributed by atoms with Crippen LogP contribution in [0.25, 0.3) is 0 Å². The zero-order valence-corrected chi connectivity index (χ0v) is 19.1. The van der Waals surface area contributed by atoms with Crippen LogP contribution in [0, 0.1) is 5.41 Å². The maximum absolute atomic E-state index is 10.7. The molecule has 1 aliphatic rings. The molecule has 146 valence electrons. The zero-order chi connectivity index (χ0) is 20.0. The summed E-state index contributed by atoms with van der Waals surface area (Å²) in [4.78, 5) is 10.7. The average molecular weight is 375 g/mol. The summed E-state index contributed by atoms with van der Waals surface area (Å²) in [5.41, 5.74) is 5.54. The van der Waals surface area contributed by atoms with E-state index < -0.39 is 8.32 Å². The second-order valence-electron chi connectivity index (χ2n) is 9.30. The molecule has 0 saturated heterocycles. The Hall–Kier alpha value is -1.19. The van der Waals surface area contributed by atoms with E-state index in [9.17, 15) is 4.79 Å². The summed E-state index contributed by atoms with van der Waals surface area (Å²) >= 11 is 0. The summed E-state index contributed by atoms with van der Waals surface area (Å²) in [7, 11) is -1.66. The monoisotopic (exact) mass is 374 g/mol. The van der Waals surface area contributed by atoms with E-state index in [2.05, 4.69) is 65.6 Å². The quantitative estimate of drug-likeness (QED) is 0.203. The van der Waals surface area contributed by atoms with Gasteiger partial charge in [0.05, 0.1) is 6.10 Å². The van der Waals surface area contributed by atoms with Crippen molar-refractivity contribution in [2.24, 2.45) is 5.41 Å². The Morgan fingerprint density at radius 1 is 1.27 bits per heavy atom. The van der Waals surface area contributed by atoms with Crippen LogP contribution in [0.5, 0.6) is 0 Å². The summed E-state index contributed by atoms with van der Waals surface area (Å²) < 4.78 is 6.34. The van der Waals surface area contributed by atoms with E-state index in [1.807, 2.05) is 6.92 Å². The van der Waals surface area contributed by atoms with Gasteiger partial charge in [-0.25, -0.2) is 0 Å².